The maximum Gasteiger partial charge on any atom is 0.264 e. The van der Waals surface area contributed by atoms with Gasteiger partial charge in [-0.1, -0.05) is 95.6 Å². The monoisotopic (exact) mass is 693 g/mol. The summed E-state index contributed by atoms with van der Waals surface area (Å²) in [7, 11) is -4.15. The molecule has 1 fully saturated rings. The van der Waals surface area contributed by atoms with Crippen LogP contribution in [-0.4, -0.2) is 43.8 Å². The zero-order valence-electron chi connectivity index (χ0n) is 23.3. The van der Waals surface area contributed by atoms with Gasteiger partial charge in [-0.05, 0) is 61.7 Å². The minimum absolute atomic E-state index is 0.0396. The zero-order chi connectivity index (χ0) is 30.3. The number of hydrogen-bond acceptors (Lipinski definition) is 4. The third-order valence-electron chi connectivity index (χ3n) is 7.43. The molecule has 11 heteroatoms. The van der Waals surface area contributed by atoms with Crippen LogP contribution in [0.3, 0.4) is 0 Å². The van der Waals surface area contributed by atoms with E-state index in [0.29, 0.717) is 32.2 Å². The summed E-state index contributed by atoms with van der Waals surface area (Å²) in [5.41, 5.74) is 0.787. The van der Waals surface area contributed by atoms with Crippen molar-refractivity contribution in [1.29, 1.82) is 0 Å². The molecule has 0 aromatic heterocycles. The van der Waals surface area contributed by atoms with Crippen molar-refractivity contribution in [3.63, 3.8) is 0 Å². The highest BCUT2D eigenvalue weighted by Crippen LogP contribution is 2.30. The molecular formula is C31H34BrCl2N3O4S. The van der Waals surface area contributed by atoms with Crippen molar-refractivity contribution in [2.75, 3.05) is 10.8 Å². The Bertz CT molecular complexity index is 1480. The van der Waals surface area contributed by atoms with Crippen LogP contribution < -0.4 is 9.62 Å². The van der Waals surface area contributed by atoms with Gasteiger partial charge >= 0.3 is 0 Å². The van der Waals surface area contributed by atoms with Gasteiger partial charge in [0.1, 0.15) is 12.6 Å². The van der Waals surface area contributed by atoms with Crippen LogP contribution in [0, 0.1) is 0 Å². The van der Waals surface area contributed by atoms with Crippen LogP contribution in [0.5, 0.6) is 0 Å². The van der Waals surface area contributed by atoms with Crippen LogP contribution in [0.1, 0.15) is 51.0 Å². The molecule has 0 aliphatic heterocycles. The largest absolute Gasteiger partial charge is 0.352 e. The van der Waals surface area contributed by atoms with Crippen molar-refractivity contribution in [3.8, 4) is 0 Å². The Morgan fingerprint density at radius 1 is 0.952 bits per heavy atom. The molecule has 0 bridgehead atoms. The Morgan fingerprint density at radius 2 is 1.60 bits per heavy atom. The first-order valence-electron chi connectivity index (χ1n) is 14.0. The smallest absolute Gasteiger partial charge is 0.264 e. The van der Waals surface area contributed by atoms with Crippen molar-refractivity contribution in [2.24, 2.45) is 0 Å². The molecule has 1 aliphatic carbocycles. The number of anilines is 1. The Morgan fingerprint density at radius 3 is 2.21 bits per heavy atom. The van der Waals surface area contributed by atoms with Crippen molar-refractivity contribution < 1.29 is 18.0 Å². The van der Waals surface area contributed by atoms with E-state index in [1.807, 2.05) is 6.92 Å². The molecule has 1 aliphatic rings. The molecule has 0 radical (unpaired) electrons. The van der Waals surface area contributed by atoms with Crippen LogP contribution in [0.2, 0.25) is 10.0 Å². The number of benzene rings is 3. The molecule has 0 spiro atoms. The van der Waals surface area contributed by atoms with E-state index in [1.54, 1.807) is 60.7 Å². The Labute approximate surface area is 266 Å². The summed E-state index contributed by atoms with van der Waals surface area (Å²) in [4.78, 5) is 29.4. The van der Waals surface area contributed by atoms with Gasteiger partial charge in [-0.15, -0.1) is 0 Å². The average Bonchev–Trinajstić information content (AvgIpc) is 2.98. The number of amides is 2. The molecule has 4 rings (SSSR count). The Hall–Kier alpha value is -2.59. The van der Waals surface area contributed by atoms with Gasteiger partial charge in [0, 0.05) is 32.7 Å². The lowest BCUT2D eigenvalue weighted by molar-refractivity contribution is -0.140. The van der Waals surface area contributed by atoms with E-state index in [9.17, 15) is 18.0 Å². The lowest BCUT2D eigenvalue weighted by Gasteiger charge is -2.34. The van der Waals surface area contributed by atoms with Crippen molar-refractivity contribution in [2.45, 2.75) is 69.0 Å². The second kappa shape index (κ2) is 14.7. The highest BCUT2D eigenvalue weighted by Gasteiger charge is 2.35. The van der Waals surface area contributed by atoms with Crippen LogP contribution in [-0.2, 0) is 26.2 Å². The average molecular weight is 696 g/mol. The number of halogens is 3. The third-order valence-corrected chi connectivity index (χ3v) is 10.4. The van der Waals surface area contributed by atoms with Gasteiger partial charge < -0.3 is 10.2 Å². The normalized spacial score (nSPS) is 14.7. The highest BCUT2D eigenvalue weighted by atomic mass is 79.9. The molecule has 224 valence electrons. The first-order chi connectivity index (χ1) is 20.1. The molecule has 0 unspecified atom stereocenters. The topological polar surface area (TPSA) is 86.8 Å². The number of sulfonamides is 1. The SMILES string of the molecule is CC[C@@H](C(=O)NC1CCCCC1)N(Cc1c(Cl)cccc1Cl)C(=O)CN(c1cccc(Br)c1)S(=O)(=O)c1ccccc1. The number of nitrogens with zero attached hydrogens (tertiary/aromatic N) is 2. The molecule has 1 atom stereocenters. The minimum atomic E-state index is -4.15. The van der Waals surface area contributed by atoms with Gasteiger partial charge in [0.2, 0.25) is 11.8 Å². The number of rotatable bonds is 11. The maximum absolute atomic E-state index is 14.3. The van der Waals surface area contributed by atoms with Crippen LogP contribution in [0.4, 0.5) is 5.69 Å². The minimum Gasteiger partial charge on any atom is -0.352 e. The lowest BCUT2D eigenvalue weighted by atomic mass is 9.95. The standard InChI is InChI=1S/C31H34BrCl2N3O4S/c1-2-29(31(39)35-23-12-5-3-6-13-23)36(20-26-27(33)17-10-18-28(26)34)30(38)21-37(24-14-9-11-22(32)19-24)42(40,41)25-15-7-4-8-16-25/h4,7-11,14-19,23,29H,2-3,5-6,12-13,20-21H2,1H3,(H,35,39)/t29-/m0/s1. The molecule has 3 aromatic rings. The summed E-state index contributed by atoms with van der Waals surface area (Å²) in [6.45, 7) is 1.22. The summed E-state index contributed by atoms with van der Waals surface area (Å²) in [6, 6.07) is 18.9. The first-order valence-corrected chi connectivity index (χ1v) is 17.0. The van der Waals surface area contributed by atoms with E-state index in [4.69, 9.17) is 23.2 Å². The van der Waals surface area contributed by atoms with E-state index in [1.165, 1.54) is 17.0 Å². The van der Waals surface area contributed by atoms with Crippen LogP contribution in [0.15, 0.2) is 82.2 Å². The highest BCUT2D eigenvalue weighted by molar-refractivity contribution is 9.10. The molecule has 0 saturated heterocycles. The first kappa shape index (κ1) is 32.3. The van der Waals surface area contributed by atoms with Crippen LogP contribution >= 0.6 is 39.1 Å². The number of nitrogens with one attached hydrogen (secondary N) is 1. The predicted molar refractivity (Wildman–Crippen MR) is 171 cm³/mol. The zero-order valence-corrected chi connectivity index (χ0v) is 27.2. The fourth-order valence-electron chi connectivity index (χ4n) is 5.20. The molecule has 0 heterocycles. The van der Waals surface area contributed by atoms with Crippen molar-refractivity contribution in [1.82, 2.24) is 10.2 Å². The van der Waals surface area contributed by atoms with Gasteiger partial charge in [0.15, 0.2) is 0 Å². The summed E-state index contributed by atoms with van der Waals surface area (Å²) < 4.78 is 29.6. The van der Waals surface area contributed by atoms with E-state index in [2.05, 4.69) is 21.2 Å². The molecule has 2 amide bonds. The predicted octanol–water partition coefficient (Wildman–Crippen LogP) is 7.21. The van der Waals surface area contributed by atoms with E-state index in [-0.39, 0.29) is 23.4 Å². The Balaban J connectivity index is 1.73. The van der Waals surface area contributed by atoms with Gasteiger partial charge in [-0.3, -0.25) is 13.9 Å². The molecule has 1 saturated carbocycles. The second-order valence-electron chi connectivity index (χ2n) is 10.3. The second-order valence-corrected chi connectivity index (χ2v) is 13.9. The molecule has 7 nitrogen and oxygen atoms in total. The number of carbonyl (C=O) groups excluding carboxylic acids is 2. The fraction of sp³-hybridized carbons (Fsp3) is 0.355. The fourth-order valence-corrected chi connectivity index (χ4v) is 7.53. The molecule has 3 aromatic carbocycles. The van der Waals surface area contributed by atoms with E-state index < -0.39 is 28.5 Å². The van der Waals surface area contributed by atoms with Crippen LogP contribution in [0.25, 0.3) is 0 Å². The quantitative estimate of drug-likeness (QED) is 0.230. The lowest BCUT2D eigenvalue weighted by Crippen LogP contribution is -2.54. The van der Waals surface area contributed by atoms with E-state index >= 15 is 0 Å². The summed E-state index contributed by atoms with van der Waals surface area (Å²) >= 11 is 16.4. The summed E-state index contributed by atoms with van der Waals surface area (Å²) in [5, 5.41) is 3.83. The van der Waals surface area contributed by atoms with Gasteiger partial charge in [-0.2, -0.15) is 0 Å². The van der Waals surface area contributed by atoms with Gasteiger partial charge in [-0.25, -0.2) is 8.42 Å². The molecular weight excluding hydrogens is 661 g/mol. The summed E-state index contributed by atoms with van der Waals surface area (Å²) in [6.07, 6.45) is 5.31. The van der Waals surface area contributed by atoms with Crippen molar-refractivity contribution >= 4 is 66.7 Å². The maximum atomic E-state index is 14.3. The van der Waals surface area contributed by atoms with Crippen molar-refractivity contribution in [3.05, 3.63) is 92.9 Å². The Kier molecular flexibility index (Phi) is 11.3. The third kappa shape index (κ3) is 7.86. The molecule has 1 N–H and O–H groups in total. The van der Waals surface area contributed by atoms with Gasteiger partial charge in [0.25, 0.3) is 10.0 Å². The van der Waals surface area contributed by atoms with E-state index in [0.717, 1.165) is 36.4 Å². The number of hydrogen-bond donors (Lipinski definition) is 1. The molecule has 42 heavy (non-hydrogen) atoms. The number of carbonyl (C=O) groups is 2. The summed E-state index contributed by atoms with van der Waals surface area (Å²) in [5.74, 6) is -0.836. The van der Waals surface area contributed by atoms with Gasteiger partial charge in [0.05, 0.1) is 10.6 Å².